The molecule has 0 heterocycles. The molecule has 0 atom stereocenters. The minimum Gasteiger partial charge on any atom is -0.497 e. The highest BCUT2D eigenvalue weighted by Gasteiger charge is 2.26. The molecule has 0 saturated heterocycles. The molecule has 0 unspecified atom stereocenters. The van der Waals surface area contributed by atoms with Gasteiger partial charge in [0.15, 0.2) is 0 Å². The number of hydrogen-bond acceptors (Lipinski definition) is 6. The zero-order valence-electron chi connectivity index (χ0n) is 10.2. The van der Waals surface area contributed by atoms with Crippen molar-refractivity contribution in [1.29, 1.82) is 10.5 Å². The lowest BCUT2D eigenvalue weighted by Gasteiger charge is -2.17. The van der Waals surface area contributed by atoms with Gasteiger partial charge in [-0.05, 0) is 12.1 Å². The van der Waals surface area contributed by atoms with Crippen LogP contribution in [0.15, 0.2) is 23.1 Å². The van der Waals surface area contributed by atoms with Crippen molar-refractivity contribution in [3.63, 3.8) is 0 Å². The van der Waals surface area contributed by atoms with Crippen molar-refractivity contribution in [2.24, 2.45) is 0 Å². The summed E-state index contributed by atoms with van der Waals surface area (Å²) in [5.74, 6) is 0.420. The molecule has 8 heteroatoms. The highest BCUT2D eigenvalue weighted by atomic mass is 32.2. The maximum atomic E-state index is 12.2. The van der Waals surface area contributed by atoms with Crippen molar-refractivity contribution in [2.75, 3.05) is 25.9 Å². The second-order valence-electron chi connectivity index (χ2n) is 3.49. The van der Waals surface area contributed by atoms with Crippen LogP contribution in [0.5, 0.6) is 5.75 Å². The number of nitriles is 2. The first-order valence-electron chi connectivity index (χ1n) is 5.15. The van der Waals surface area contributed by atoms with Gasteiger partial charge in [0.05, 0.1) is 24.9 Å². The molecule has 0 spiro atoms. The van der Waals surface area contributed by atoms with Crippen LogP contribution in [-0.2, 0) is 10.0 Å². The van der Waals surface area contributed by atoms with E-state index in [2.05, 4.69) is 0 Å². The van der Waals surface area contributed by atoms with Crippen molar-refractivity contribution in [3.8, 4) is 17.9 Å². The summed E-state index contributed by atoms with van der Waals surface area (Å²) in [4.78, 5) is -0.154. The van der Waals surface area contributed by atoms with Crippen LogP contribution in [0, 0.1) is 22.7 Å². The van der Waals surface area contributed by atoms with E-state index >= 15 is 0 Å². The standard InChI is InChI=1S/C11H12N4O3S/c1-18-9-2-3-11(10(14)8-9)19(16,17)15(6-4-12)7-5-13/h2-3,8H,6-7,14H2,1H3. The third kappa shape index (κ3) is 3.13. The number of benzene rings is 1. The molecule has 1 rings (SSSR count). The van der Waals surface area contributed by atoms with E-state index in [4.69, 9.17) is 21.0 Å². The maximum absolute atomic E-state index is 12.2. The van der Waals surface area contributed by atoms with Crippen molar-refractivity contribution in [3.05, 3.63) is 18.2 Å². The van der Waals surface area contributed by atoms with E-state index in [9.17, 15) is 8.42 Å². The van der Waals surface area contributed by atoms with E-state index in [1.807, 2.05) is 0 Å². The number of methoxy groups -OCH3 is 1. The normalized spacial score (nSPS) is 10.7. The van der Waals surface area contributed by atoms with Gasteiger partial charge in [-0.3, -0.25) is 0 Å². The van der Waals surface area contributed by atoms with Crippen molar-refractivity contribution in [2.45, 2.75) is 4.90 Å². The molecule has 0 radical (unpaired) electrons. The number of hydrogen-bond donors (Lipinski definition) is 1. The lowest BCUT2D eigenvalue weighted by atomic mass is 10.3. The summed E-state index contributed by atoms with van der Waals surface area (Å²) in [5.41, 5.74) is 5.66. The Bertz CT molecular complexity index is 627. The number of nitrogens with two attached hydrogens (primary N) is 1. The van der Waals surface area contributed by atoms with Gasteiger partial charge in [0, 0.05) is 6.07 Å². The Morgan fingerprint density at radius 3 is 2.32 bits per heavy atom. The monoisotopic (exact) mass is 280 g/mol. The van der Waals surface area contributed by atoms with Gasteiger partial charge in [-0.25, -0.2) is 8.42 Å². The summed E-state index contributed by atoms with van der Waals surface area (Å²) >= 11 is 0. The Kier molecular flexibility index (Phi) is 4.70. The lowest BCUT2D eigenvalue weighted by Crippen LogP contribution is -2.32. The zero-order valence-corrected chi connectivity index (χ0v) is 11.0. The van der Waals surface area contributed by atoms with Crippen LogP contribution in [0.1, 0.15) is 0 Å². The first kappa shape index (κ1) is 14.8. The van der Waals surface area contributed by atoms with Gasteiger partial charge in [0.25, 0.3) is 0 Å². The lowest BCUT2D eigenvalue weighted by molar-refractivity contribution is 0.414. The van der Waals surface area contributed by atoms with Gasteiger partial charge in [0.2, 0.25) is 10.0 Å². The predicted octanol–water partition coefficient (Wildman–Crippen LogP) is 0.315. The Morgan fingerprint density at radius 1 is 1.32 bits per heavy atom. The Labute approximate surface area is 111 Å². The first-order valence-corrected chi connectivity index (χ1v) is 6.59. The highest BCUT2D eigenvalue weighted by Crippen LogP contribution is 2.26. The fourth-order valence-corrected chi connectivity index (χ4v) is 2.74. The highest BCUT2D eigenvalue weighted by molar-refractivity contribution is 7.89. The Morgan fingerprint density at radius 2 is 1.89 bits per heavy atom. The van der Waals surface area contributed by atoms with E-state index in [1.54, 1.807) is 12.1 Å². The summed E-state index contributed by atoms with van der Waals surface area (Å²) in [6.45, 7) is -0.831. The van der Waals surface area contributed by atoms with E-state index in [0.717, 1.165) is 4.31 Å². The molecule has 0 fully saturated rings. The molecule has 2 N–H and O–H groups in total. The van der Waals surface area contributed by atoms with E-state index in [-0.39, 0.29) is 10.6 Å². The molecule has 1 aromatic rings. The third-order valence-electron chi connectivity index (χ3n) is 2.33. The molecule has 0 aliphatic rings. The Balaban J connectivity index is 3.26. The number of nitrogens with zero attached hydrogens (tertiary/aromatic N) is 3. The SMILES string of the molecule is COc1ccc(S(=O)(=O)N(CC#N)CC#N)c(N)c1. The predicted molar refractivity (Wildman–Crippen MR) is 67.4 cm³/mol. The molecular weight excluding hydrogens is 268 g/mol. The van der Waals surface area contributed by atoms with Crippen LogP contribution in [0.4, 0.5) is 5.69 Å². The topological polar surface area (TPSA) is 120 Å². The molecule has 7 nitrogen and oxygen atoms in total. The minimum atomic E-state index is -3.97. The summed E-state index contributed by atoms with van der Waals surface area (Å²) in [5, 5.41) is 17.2. The molecular formula is C11H12N4O3S. The molecule has 0 aromatic heterocycles. The Hall–Kier alpha value is -2.29. The fourth-order valence-electron chi connectivity index (χ4n) is 1.41. The van der Waals surface area contributed by atoms with Crippen LogP contribution >= 0.6 is 0 Å². The molecule has 100 valence electrons. The maximum Gasteiger partial charge on any atom is 0.247 e. The van der Waals surface area contributed by atoms with Crippen molar-refractivity contribution >= 4 is 15.7 Å². The molecule has 0 bridgehead atoms. The molecule has 19 heavy (non-hydrogen) atoms. The average molecular weight is 280 g/mol. The van der Waals surface area contributed by atoms with E-state index < -0.39 is 23.1 Å². The third-order valence-corrected chi connectivity index (χ3v) is 4.19. The molecule has 0 amide bonds. The van der Waals surface area contributed by atoms with Gasteiger partial charge in [-0.15, -0.1) is 0 Å². The summed E-state index contributed by atoms with van der Waals surface area (Å²) in [6, 6.07) is 7.49. The second kappa shape index (κ2) is 6.05. The van der Waals surface area contributed by atoms with Crippen molar-refractivity contribution in [1.82, 2.24) is 4.31 Å². The van der Waals surface area contributed by atoms with Crippen molar-refractivity contribution < 1.29 is 13.2 Å². The van der Waals surface area contributed by atoms with Gasteiger partial charge in [0.1, 0.15) is 23.7 Å². The van der Waals surface area contributed by atoms with Gasteiger partial charge in [-0.1, -0.05) is 0 Å². The number of anilines is 1. The van der Waals surface area contributed by atoms with Crippen LogP contribution in [0.3, 0.4) is 0 Å². The average Bonchev–Trinajstić information content (AvgIpc) is 2.38. The summed E-state index contributed by atoms with van der Waals surface area (Å²) in [6.07, 6.45) is 0. The molecule has 0 aliphatic heterocycles. The van der Waals surface area contributed by atoms with Crippen LogP contribution in [-0.4, -0.2) is 32.9 Å². The van der Waals surface area contributed by atoms with E-state index in [0.29, 0.717) is 5.75 Å². The summed E-state index contributed by atoms with van der Waals surface area (Å²) < 4.78 is 30.2. The summed E-state index contributed by atoms with van der Waals surface area (Å²) in [7, 11) is -2.54. The zero-order chi connectivity index (χ0) is 14.5. The fraction of sp³-hybridized carbons (Fsp3) is 0.273. The van der Waals surface area contributed by atoms with Gasteiger partial charge >= 0.3 is 0 Å². The van der Waals surface area contributed by atoms with Crippen LogP contribution < -0.4 is 10.5 Å². The van der Waals surface area contributed by atoms with E-state index in [1.165, 1.54) is 25.3 Å². The first-order chi connectivity index (χ1) is 8.97. The number of sulfonamides is 1. The molecule has 0 aliphatic carbocycles. The van der Waals surface area contributed by atoms with Gasteiger partial charge < -0.3 is 10.5 Å². The number of nitrogen functional groups attached to an aromatic ring is 1. The second-order valence-corrected chi connectivity index (χ2v) is 5.40. The number of ether oxygens (including phenoxy) is 1. The minimum absolute atomic E-state index is 0.000213. The quantitative estimate of drug-likeness (QED) is 0.612. The molecule has 1 aromatic carbocycles. The number of rotatable bonds is 5. The van der Waals surface area contributed by atoms with Gasteiger partial charge in [-0.2, -0.15) is 14.8 Å². The largest absolute Gasteiger partial charge is 0.497 e. The van der Waals surface area contributed by atoms with Crippen LogP contribution in [0.2, 0.25) is 0 Å². The van der Waals surface area contributed by atoms with Crippen LogP contribution in [0.25, 0.3) is 0 Å². The molecule has 0 saturated carbocycles. The smallest absolute Gasteiger partial charge is 0.247 e.